The van der Waals surface area contributed by atoms with Gasteiger partial charge in [-0.25, -0.2) is 8.42 Å². The summed E-state index contributed by atoms with van der Waals surface area (Å²) in [5.74, 6) is 0.200. The van der Waals surface area contributed by atoms with E-state index in [-0.39, 0.29) is 17.9 Å². The largest absolute Gasteiger partial charge is 0.354 e. The predicted octanol–water partition coefficient (Wildman–Crippen LogP) is 4.01. The summed E-state index contributed by atoms with van der Waals surface area (Å²) in [4.78, 5) is 13.1. The number of nitrogens with one attached hydrogen (secondary N) is 1. The van der Waals surface area contributed by atoms with E-state index < -0.39 is 10.0 Å². The lowest BCUT2D eigenvalue weighted by atomic mass is 9.90. The molecule has 1 amide bonds. The molecule has 28 heavy (non-hydrogen) atoms. The quantitative estimate of drug-likeness (QED) is 0.803. The molecule has 5 nitrogen and oxygen atoms in total. The molecule has 156 valence electrons. The maximum absolute atomic E-state index is 13.2. The van der Waals surface area contributed by atoms with Gasteiger partial charge in [0.1, 0.15) is 0 Å². The molecule has 1 saturated heterocycles. The highest BCUT2D eigenvalue weighted by atomic mass is 32.2. The van der Waals surface area contributed by atoms with Crippen molar-refractivity contribution < 1.29 is 13.2 Å². The van der Waals surface area contributed by atoms with E-state index in [4.69, 9.17) is 0 Å². The van der Waals surface area contributed by atoms with Gasteiger partial charge in [0, 0.05) is 25.0 Å². The molecule has 1 aliphatic heterocycles. The Hall–Kier alpha value is -1.40. The molecular formula is C22H34N2O3S. The number of benzene rings is 1. The van der Waals surface area contributed by atoms with Gasteiger partial charge in [-0.05, 0) is 50.3 Å². The first kappa shape index (κ1) is 21.3. The minimum absolute atomic E-state index is 0.0886. The number of carbonyl (C=O) groups is 1. The first-order valence-corrected chi connectivity index (χ1v) is 12.3. The van der Waals surface area contributed by atoms with E-state index in [0.717, 1.165) is 50.5 Å². The number of hydrogen-bond donors (Lipinski definition) is 1. The summed E-state index contributed by atoms with van der Waals surface area (Å²) < 4.78 is 28.0. The van der Waals surface area contributed by atoms with Crippen molar-refractivity contribution in [1.82, 2.24) is 9.62 Å². The second-order valence-electron chi connectivity index (χ2n) is 8.37. The average molecular weight is 407 g/mol. The molecule has 0 spiro atoms. The van der Waals surface area contributed by atoms with Crippen molar-refractivity contribution in [2.24, 2.45) is 5.92 Å². The first-order valence-electron chi connectivity index (χ1n) is 10.8. The van der Waals surface area contributed by atoms with Crippen molar-refractivity contribution in [3.05, 3.63) is 29.8 Å². The second-order valence-corrected chi connectivity index (χ2v) is 10.3. The fourth-order valence-electron chi connectivity index (χ4n) is 4.49. The standard InChI is InChI=1S/C22H34N2O3S/c1-18-10-9-14-21(16-18)28(26,27)24-15-8-7-13-20(24)17-23-22(25)19-11-5-3-2-4-6-12-19/h9-10,14,16,19-20H,2-8,11-13,15,17H2,1H3,(H,23,25). The van der Waals surface area contributed by atoms with Crippen molar-refractivity contribution in [3.63, 3.8) is 0 Å². The van der Waals surface area contributed by atoms with Crippen LogP contribution in [0.3, 0.4) is 0 Å². The van der Waals surface area contributed by atoms with Crippen LogP contribution in [0.5, 0.6) is 0 Å². The Labute approximate surface area is 169 Å². The normalized spacial score (nSPS) is 23.0. The van der Waals surface area contributed by atoms with Crippen LogP contribution in [0.25, 0.3) is 0 Å². The fourth-order valence-corrected chi connectivity index (χ4v) is 6.28. The average Bonchev–Trinajstić information content (AvgIpc) is 2.66. The Morgan fingerprint density at radius 2 is 1.71 bits per heavy atom. The molecule has 1 saturated carbocycles. The van der Waals surface area contributed by atoms with Gasteiger partial charge < -0.3 is 5.32 Å². The van der Waals surface area contributed by atoms with E-state index in [0.29, 0.717) is 18.0 Å². The topological polar surface area (TPSA) is 66.5 Å². The highest BCUT2D eigenvalue weighted by molar-refractivity contribution is 7.89. The van der Waals surface area contributed by atoms with Crippen LogP contribution in [-0.2, 0) is 14.8 Å². The maximum atomic E-state index is 13.2. The molecule has 6 heteroatoms. The number of carbonyl (C=O) groups excluding carboxylic acids is 1. The zero-order valence-corrected chi connectivity index (χ0v) is 17.8. The summed E-state index contributed by atoms with van der Waals surface area (Å²) in [7, 11) is -3.54. The molecule has 0 aromatic heterocycles. The second kappa shape index (κ2) is 9.88. The number of sulfonamides is 1. The zero-order valence-electron chi connectivity index (χ0n) is 17.0. The lowest BCUT2D eigenvalue weighted by Gasteiger charge is -2.35. The summed E-state index contributed by atoms with van der Waals surface area (Å²) in [6.45, 7) is 2.85. The molecule has 2 fully saturated rings. The first-order chi connectivity index (χ1) is 13.5. The van der Waals surface area contributed by atoms with Gasteiger partial charge in [0.05, 0.1) is 4.90 Å². The summed E-state index contributed by atoms with van der Waals surface area (Å²) in [5.41, 5.74) is 0.937. The molecule has 1 N–H and O–H groups in total. The third kappa shape index (κ3) is 5.35. The minimum atomic E-state index is -3.54. The molecule has 1 aliphatic carbocycles. The number of hydrogen-bond acceptors (Lipinski definition) is 3. The summed E-state index contributed by atoms with van der Waals surface area (Å²) in [6.07, 6.45) is 10.6. The van der Waals surface area contributed by atoms with Gasteiger partial charge in [-0.2, -0.15) is 4.31 Å². The van der Waals surface area contributed by atoms with E-state index in [1.54, 1.807) is 22.5 Å². The van der Waals surface area contributed by atoms with Gasteiger partial charge in [0.25, 0.3) is 0 Å². The summed E-state index contributed by atoms with van der Waals surface area (Å²) in [6, 6.07) is 6.94. The molecular weight excluding hydrogens is 372 g/mol. The predicted molar refractivity (Wildman–Crippen MR) is 112 cm³/mol. The van der Waals surface area contributed by atoms with Crippen LogP contribution < -0.4 is 5.32 Å². The SMILES string of the molecule is Cc1cccc(S(=O)(=O)N2CCCCC2CNC(=O)C2CCCCCCC2)c1. The van der Waals surface area contributed by atoms with Crippen LogP contribution in [0.15, 0.2) is 29.2 Å². The number of aryl methyl sites for hydroxylation is 1. The highest BCUT2D eigenvalue weighted by Gasteiger charge is 2.34. The van der Waals surface area contributed by atoms with Gasteiger partial charge in [-0.1, -0.05) is 50.7 Å². The maximum Gasteiger partial charge on any atom is 0.243 e. The van der Waals surface area contributed by atoms with E-state index in [2.05, 4.69) is 5.32 Å². The Balaban J connectivity index is 1.65. The molecule has 1 aromatic carbocycles. The highest BCUT2D eigenvalue weighted by Crippen LogP contribution is 2.26. The van der Waals surface area contributed by atoms with Crippen LogP contribution in [-0.4, -0.2) is 37.8 Å². The van der Waals surface area contributed by atoms with Gasteiger partial charge in [0.15, 0.2) is 0 Å². The van der Waals surface area contributed by atoms with E-state index >= 15 is 0 Å². The van der Waals surface area contributed by atoms with Gasteiger partial charge in [-0.3, -0.25) is 4.79 Å². The molecule has 2 aliphatic rings. The van der Waals surface area contributed by atoms with Crippen LogP contribution in [0.1, 0.15) is 69.8 Å². The van der Waals surface area contributed by atoms with Crippen molar-refractivity contribution in [3.8, 4) is 0 Å². The van der Waals surface area contributed by atoms with Gasteiger partial charge >= 0.3 is 0 Å². The molecule has 1 aromatic rings. The molecule has 3 rings (SSSR count). The third-order valence-corrected chi connectivity index (χ3v) is 8.10. The van der Waals surface area contributed by atoms with Crippen LogP contribution in [0, 0.1) is 12.8 Å². The van der Waals surface area contributed by atoms with Gasteiger partial charge in [0.2, 0.25) is 15.9 Å². The van der Waals surface area contributed by atoms with Crippen molar-refractivity contribution in [1.29, 1.82) is 0 Å². The van der Waals surface area contributed by atoms with E-state index in [1.807, 2.05) is 13.0 Å². The molecule has 1 atom stereocenters. The number of rotatable bonds is 5. The number of piperidine rings is 1. The van der Waals surface area contributed by atoms with Crippen LogP contribution in [0.4, 0.5) is 0 Å². The van der Waals surface area contributed by atoms with Crippen LogP contribution >= 0.6 is 0 Å². The lowest BCUT2D eigenvalue weighted by molar-refractivity contribution is -0.125. The summed E-state index contributed by atoms with van der Waals surface area (Å²) >= 11 is 0. The molecule has 0 bridgehead atoms. The number of nitrogens with zero attached hydrogens (tertiary/aromatic N) is 1. The van der Waals surface area contributed by atoms with E-state index in [9.17, 15) is 13.2 Å². The third-order valence-electron chi connectivity index (χ3n) is 6.16. The number of amides is 1. The fraction of sp³-hybridized carbons (Fsp3) is 0.682. The molecule has 1 unspecified atom stereocenters. The smallest absolute Gasteiger partial charge is 0.243 e. The Morgan fingerprint density at radius 3 is 2.43 bits per heavy atom. The van der Waals surface area contributed by atoms with Crippen molar-refractivity contribution in [2.45, 2.75) is 82.1 Å². The summed E-state index contributed by atoms with van der Waals surface area (Å²) in [5, 5.41) is 3.09. The zero-order chi connectivity index (χ0) is 20.0. The lowest BCUT2D eigenvalue weighted by Crippen LogP contribution is -2.50. The monoisotopic (exact) mass is 406 g/mol. The van der Waals surface area contributed by atoms with E-state index in [1.165, 1.54) is 19.3 Å². The Morgan fingerprint density at radius 1 is 1.04 bits per heavy atom. The minimum Gasteiger partial charge on any atom is -0.354 e. The molecule has 1 heterocycles. The Bertz CT molecular complexity index is 755. The van der Waals surface area contributed by atoms with Gasteiger partial charge in [-0.15, -0.1) is 0 Å². The Kier molecular flexibility index (Phi) is 7.52. The molecule has 0 radical (unpaired) electrons. The van der Waals surface area contributed by atoms with Crippen molar-refractivity contribution in [2.75, 3.05) is 13.1 Å². The van der Waals surface area contributed by atoms with Crippen LogP contribution in [0.2, 0.25) is 0 Å². The van der Waals surface area contributed by atoms with Crippen molar-refractivity contribution >= 4 is 15.9 Å².